The van der Waals surface area contributed by atoms with E-state index in [-0.39, 0.29) is 0 Å². The number of benzene rings is 1. The van der Waals surface area contributed by atoms with Crippen LogP contribution in [-0.2, 0) is 0 Å². The van der Waals surface area contributed by atoms with Crippen molar-refractivity contribution in [3.05, 3.63) is 28.2 Å². The predicted molar refractivity (Wildman–Crippen MR) is 84.0 cm³/mol. The zero-order chi connectivity index (χ0) is 13.7. The molecule has 1 saturated heterocycles. The Balaban J connectivity index is 2.13. The molecule has 3 heteroatoms. The number of carbonyl (C=O) groups is 1. The van der Waals surface area contributed by atoms with Gasteiger partial charge in [-0.05, 0) is 43.4 Å². The van der Waals surface area contributed by atoms with Crippen molar-refractivity contribution in [3.63, 3.8) is 0 Å². The van der Waals surface area contributed by atoms with Crippen LogP contribution in [0.4, 0.5) is 5.69 Å². The lowest BCUT2D eigenvalue weighted by atomic mass is 9.96. The number of hydrogen-bond donors (Lipinski definition) is 0. The minimum atomic E-state index is 0.803. The van der Waals surface area contributed by atoms with Crippen LogP contribution in [0, 0.1) is 5.92 Å². The zero-order valence-electron chi connectivity index (χ0n) is 11.6. The van der Waals surface area contributed by atoms with Crippen LogP contribution in [-0.4, -0.2) is 19.4 Å². The van der Waals surface area contributed by atoms with E-state index in [4.69, 9.17) is 0 Å². The SMILES string of the molecule is CCCC1CCCN(c2cc(Br)ccc2C=O)CC1. The highest BCUT2D eigenvalue weighted by Crippen LogP contribution is 2.29. The molecule has 1 fully saturated rings. The molecule has 2 rings (SSSR count). The monoisotopic (exact) mass is 323 g/mol. The van der Waals surface area contributed by atoms with Crippen molar-refractivity contribution in [2.75, 3.05) is 18.0 Å². The Morgan fingerprint density at radius 2 is 2.21 bits per heavy atom. The van der Waals surface area contributed by atoms with Crippen LogP contribution in [0.5, 0.6) is 0 Å². The van der Waals surface area contributed by atoms with Crippen LogP contribution in [0.15, 0.2) is 22.7 Å². The maximum absolute atomic E-state index is 11.2. The molecular formula is C16H22BrNO. The molecule has 1 aliphatic rings. The van der Waals surface area contributed by atoms with Crippen molar-refractivity contribution in [3.8, 4) is 0 Å². The molecule has 0 radical (unpaired) electrons. The van der Waals surface area contributed by atoms with Gasteiger partial charge in [0.2, 0.25) is 0 Å². The second-order valence-corrected chi connectivity index (χ2v) is 6.31. The molecule has 2 nitrogen and oxygen atoms in total. The van der Waals surface area contributed by atoms with E-state index in [1.165, 1.54) is 32.1 Å². The average molecular weight is 324 g/mol. The Morgan fingerprint density at radius 3 is 2.95 bits per heavy atom. The van der Waals surface area contributed by atoms with Crippen molar-refractivity contribution in [2.45, 2.75) is 39.0 Å². The van der Waals surface area contributed by atoms with Crippen LogP contribution < -0.4 is 4.90 Å². The van der Waals surface area contributed by atoms with E-state index in [0.717, 1.165) is 41.0 Å². The third-order valence-electron chi connectivity index (χ3n) is 4.00. The van der Waals surface area contributed by atoms with Crippen LogP contribution in [0.2, 0.25) is 0 Å². The van der Waals surface area contributed by atoms with Crippen molar-refractivity contribution < 1.29 is 4.79 Å². The standard InChI is InChI=1S/C16H22BrNO/c1-2-4-13-5-3-9-18(10-8-13)16-11-15(17)7-6-14(16)12-19/h6-7,11-13H,2-5,8-10H2,1H3. The molecule has 19 heavy (non-hydrogen) atoms. The molecule has 0 saturated carbocycles. The summed E-state index contributed by atoms with van der Waals surface area (Å²) in [5.74, 6) is 0.863. The van der Waals surface area contributed by atoms with Crippen molar-refractivity contribution in [2.24, 2.45) is 5.92 Å². The summed E-state index contributed by atoms with van der Waals surface area (Å²) in [6.07, 6.45) is 7.40. The van der Waals surface area contributed by atoms with Crippen molar-refractivity contribution in [1.82, 2.24) is 0 Å². The largest absolute Gasteiger partial charge is 0.371 e. The highest BCUT2D eigenvalue weighted by Gasteiger charge is 2.18. The molecule has 0 bridgehead atoms. The maximum atomic E-state index is 11.2. The highest BCUT2D eigenvalue weighted by molar-refractivity contribution is 9.10. The van der Waals surface area contributed by atoms with Crippen LogP contribution in [0.1, 0.15) is 49.4 Å². The summed E-state index contributed by atoms with van der Waals surface area (Å²) in [5, 5.41) is 0. The molecule has 1 unspecified atom stereocenters. The number of halogens is 1. The fraction of sp³-hybridized carbons (Fsp3) is 0.562. The molecule has 1 aliphatic heterocycles. The summed E-state index contributed by atoms with van der Waals surface area (Å²) in [7, 11) is 0. The quantitative estimate of drug-likeness (QED) is 0.750. The lowest BCUT2D eigenvalue weighted by Crippen LogP contribution is -2.25. The fourth-order valence-corrected chi connectivity index (χ4v) is 3.34. The Hall–Kier alpha value is -0.830. The number of nitrogens with zero attached hydrogens (tertiary/aromatic N) is 1. The van der Waals surface area contributed by atoms with E-state index in [1.807, 2.05) is 12.1 Å². The van der Waals surface area contributed by atoms with Crippen LogP contribution in [0.3, 0.4) is 0 Å². The van der Waals surface area contributed by atoms with Gasteiger partial charge >= 0.3 is 0 Å². The molecule has 0 N–H and O–H groups in total. The molecule has 104 valence electrons. The third-order valence-corrected chi connectivity index (χ3v) is 4.50. The van der Waals surface area contributed by atoms with Gasteiger partial charge in [-0.1, -0.05) is 35.7 Å². The first-order chi connectivity index (χ1) is 9.24. The first-order valence-electron chi connectivity index (χ1n) is 7.24. The summed E-state index contributed by atoms with van der Waals surface area (Å²) in [5.41, 5.74) is 1.89. The van der Waals surface area contributed by atoms with E-state index in [0.29, 0.717) is 0 Å². The van der Waals surface area contributed by atoms with Gasteiger partial charge in [0.05, 0.1) is 0 Å². The molecule has 1 atom stereocenters. The van der Waals surface area contributed by atoms with Gasteiger partial charge in [-0.3, -0.25) is 4.79 Å². The molecular weight excluding hydrogens is 302 g/mol. The minimum absolute atomic E-state index is 0.803. The fourth-order valence-electron chi connectivity index (χ4n) is 2.99. The number of carbonyl (C=O) groups excluding carboxylic acids is 1. The van der Waals surface area contributed by atoms with E-state index in [9.17, 15) is 4.79 Å². The first kappa shape index (κ1) is 14.6. The van der Waals surface area contributed by atoms with Gasteiger partial charge in [-0.25, -0.2) is 0 Å². The van der Waals surface area contributed by atoms with Gasteiger partial charge in [-0.15, -0.1) is 0 Å². The molecule has 0 aromatic heterocycles. The first-order valence-corrected chi connectivity index (χ1v) is 8.03. The lowest BCUT2D eigenvalue weighted by Gasteiger charge is -2.24. The number of aldehydes is 1. The molecule has 1 aromatic rings. The average Bonchev–Trinajstić information content (AvgIpc) is 2.65. The summed E-state index contributed by atoms with van der Waals surface area (Å²) < 4.78 is 1.04. The predicted octanol–water partition coefficient (Wildman–Crippen LogP) is 4.67. The third kappa shape index (κ3) is 3.82. The zero-order valence-corrected chi connectivity index (χ0v) is 13.2. The molecule has 0 amide bonds. The minimum Gasteiger partial charge on any atom is -0.371 e. The Morgan fingerprint density at radius 1 is 1.37 bits per heavy atom. The van der Waals surface area contributed by atoms with Crippen molar-refractivity contribution >= 4 is 27.9 Å². The summed E-state index contributed by atoms with van der Waals surface area (Å²) >= 11 is 3.51. The normalized spacial score (nSPS) is 20.1. The topological polar surface area (TPSA) is 20.3 Å². The maximum Gasteiger partial charge on any atom is 0.152 e. The van der Waals surface area contributed by atoms with Gasteiger partial charge in [0.1, 0.15) is 0 Å². The second kappa shape index (κ2) is 7.09. The van der Waals surface area contributed by atoms with E-state index >= 15 is 0 Å². The molecule has 0 spiro atoms. The molecule has 1 heterocycles. The molecule has 1 aromatic carbocycles. The number of rotatable bonds is 4. The van der Waals surface area contributed by atoms with Crippen molar-refractivity contribution in [1.29, 1.82) is 0 Å². The van der Waals surface area contributed by atoms with Gasteiger partial charge in [0, 0.05) is 28.8 Å². The Labute approximate surface area is 124 Å². The Bertz CT molecular complexity index is 433. The van der Waals surface area contributed by atoms with E-state index < -0.39 is 0 Å². The number of hydrogen-bond acceptors (Lipinski definition) is 2. The summed E-state index contributed by atoms with van der Waals surface area (Å²) in [6, 6.07) is 5.91. The van der Waals surface area contributed by atoms with Gasteiger partial charge in [0.25, 0.3) is 0 Å². The van der Waals surface area contributed by atoms with Crippen LogP contribution in [0.25, 0.3) is 0 Å². The lowest BCUT2D eigenvalue weighted by molar-refractivity contribution is 0.112. The van der Waals surface area contributed by atoms with Gasteiger partial charge in [0.15, 0.2) is 6.29 Å². The van der Waals surface area contributed by atoms with Gasteiger partial charge in [-0.2, -0.15) is 0 Å². The highest BCUT2D eigenvalue weighted by atomic mass is 79.9. The molecule has 0 aliphatic carbocycles. The summed E-state index contributed by atoms with van der Waals surface area (Å²) in [6.45, 7) is 4.40. The van der Waals surface area contributed by atoms with Crippen LogP contribution >= 0.6 is 15.9 Å². The smallest absolute Gasteiger partial charge is 0.152 e. The number of anilines is 1. The summed E-state index contributed by atoms with van der Waals surface area (Å²) in [4.78, 5) is 13.6. The van der Waals surface area contributed by atoms with Gasteiger partial charge < -0.3 is 4.90 Å². The van der Waals surface area contributed by atoms with E-state index in [2.05, 4.69) is 33.8 Å². The Kier molecular flexibility index (Phi) is 5.44. The van der Waals surface area contributed by atoms with E-state index in [1.54, 1.807) is 0 Å². The second-order valence-electron chi connectivity index (χ2n) is 5.39.